The van der Waals surface area contributed by atoms with E-state index in [1.165, 1.54) is 0 Å². The number of rotatable bonds is 0. The van der Waals surface area contributed by atoms with Crippen LogP contribution in [0.15, 0.2) is 0 Å². The molecule has 0 aliphatic rings. The molecule has 0 aliphatic carbocycles. The van der Waals surface area contributed by atoms with Crippen molar-refractivity contribution in [3.63, 3.8) is 0 Å². The van der Waals surface area contributed by atoms with Crippen LogP contribution in [0.25, 0.3) is 0 Å². The van der Waals surface area contributed by atoms with E-state index in [0.717, 1.165) is 0 Å². The molecule has 0 aromatic heterocycles. The van der Waals surface area contributed by atoms with E-state index in [0.29, 0.717) is 0 Å². The normalized spacial score (nSPS) is 9.25. The Morgan fingerprint density at radius 3 is 1.50 bits per heavy atom. The van der Waals surface area contributed by atoms with Gasteiger partial charge in [0.15, 0.2) is 0 Å². The van der Waals surface area contributed by atoms with E-state index < -0.39 is 0 Å². The first-order chi connectivity index (χ1) is 1.73. The SMILES string of the molecule is C[N](C)[Ge+3]. The zero-order valence-corrected chi connectivity index (χ0v) is 5.05. The van der Waals surface area contributed by atoms with Gasteiger partial charge in [-0.2, -0.15) is 0 Å². The van der Waals surface area contributed by atoms with Crippen LogP contribution in [0.5, 0.6) is 0 Å². The summed E-state index contributed by atoms with van der Waals surface area (Å²) in [5.74, 6) is 0. The van der Waals surface area contributed by atoms with Gasteiger partial charge in [0.25, 0.3) is 0 Å². The molecule has 0 heterocycles. The molecule has 0 spiro atoms. The summed E-state index contributed by atoms with van der Waals surface area (Å²) in [6, 6.07) is 0. The van der Waals surface area contributed by atoms with Gasteiger partial charge in [0.05, 0.1) is 0 Å². The second kappa shape index (κ2) is 1.79. The predicted octanol–water partition coefficient (Wildman–Crippen LogP) is -0.369. The quantitative estimate of drug-likeness (QED) is 0.391. The Kier molecular flexibility index (Phi) is 2.01. The van der Waals surface area contributed by atoms with Crippen LogP contribution < -0.4 is 0 Å². The van der Waals surface area contributed by atoms with Crippen molar-refractivity contribution in [2.45, 2.75) is 0 Å². The van der Waals surface area contributed by atoms with Gasteiger partial charge in [0.2, 0.25) is 0 Å². The molecule has 0 atom stereocenters. The second-order valence-corrected chi connectivity index (χ2v) is 2.77. The summed E-state index contributed by atoms with van der Waals surface area (Å²) in [5, 5.41) is 0. The molecule has 0 saturated carbocycles. The third-order valence-electron chi connectivity index (χ3n) is 0. The van der Waals surface area contributed by atoms with Crippen LogP contribution in [0.1, 0.15) is 0 Å². The number of hydrogen-bond acceptors (Lipinski definition) is 1. The first kappa shape index (κ1) is 4.50. The summed E-state index contributed by atoms with van der Waals surface area (Å²) in [5.41, 5.74) is 0. The molecular weight excluding hydrogens is 111 g/mol. The standard InChI is InChI=1S/C2H6GeN/c1-4(2)3/h1-2H3/q+3. The fraction of sp³-hybridized carbons (Fsp3) is 1.00. The maximum atomic E-state index is 2.00. The van der Waals surface area contributed by atoms with Crippen LogP contribution >= 0.6 is 0 Å². The Hall–Kier alpha value is 0.503. The van der Waals surface area contributed by atoms with Crippen LogP contribution in [0.4, 0.5) is 0 Å². The molecule has 0 amide bonds. The predicted molar refractivity (Wildman–Crippen MR) is 19.4 cm³/mol. The van der Waals surface area contributed by atoms with Crippen molar-refractivity contribution >= 4 is 16.7 Å². The Morgan fingerprint density at radius 1 is 1.50 bits per heavy atom. The van der Waals surface area contributed by atoms with Gasteiger partial charge in [-0.1, -0.05) is 0 Å². The third-order valence-corrected chi connectivity index (χ3v) is 0. The first-order valence-electron chi connectivity index (χ1n) is 1.12. The van der Waals surface area contributed by atoms with Crippen molar-refractivity contribution in [2.24, 2.45) is 0 Å². The molecule has 0 bridgehead atoms. The molecule has 0 aliphatic heterocycles. The Labute approximate surface area is 35.4 Å². The van der Waals surface area contributed by atoms with Crippen molar-refractivity contribution in [1.29, 1.82) is 0 Å². The van der Waals surface area contributed by atoms with Crippen molar-refractivity contribution in [1.82, 2.24) is 3.86 Å². The monoisotopic (exact) mass is 118 g/mol. The fourth-order valence-corrected chi connectivity index (χ4v) is 0. The van der Waals surface area contributed by atoms with E-state index >= 15 is 0 Å². The van der Waals surface area contributed by atoms with Crippen LogP contribution in [0, 0.1) is 0 Å². The van der Waals surface area contributed by atoms with Gasteiger partial charge in [-0.3, -0.25) is 0 Å². The molecule has 0 unspecified atom stereocenters. The van der Waals surface area contributed by atoms with Crippen molar-refractivity contribution < 1.29 is 0 Å². The summed E-state index contributed by atoms with van der Waals surface area (Å²) in [7, 11) is 4.00. The fourth-order valence-electron chi connectivity index (χ4n) is 0. The summed E-state index contributed by atoms with van der Waals surface area (Å²) >= 11 is 2.00. The van der Waals surface area contributed by atoms with E-state index in [1.54, 1.807) is 0 Å². The molecule has 0 saturated heterocycles. The van der Waals surface area contributed by atoms with Gasteiger partial charge in [0, 0.05) is 0 Å². The number of nitrogens with zero attached hydrogens (tertiary/aromatic N) is 1. The molecule has 0 radical (unpaired) electrons. The van der Waals surface area contributed by atoms with Crippen LogP contribution in [-0.2, 0) is 0 Å². The molecular formula is C2H6GeN+3. The summed E-state index contributed by atoms with van der Waals surface area (Å²) in [4.78, 5) is 0. The minimum atomic E-state index is 2.00. The van der Waals surface area contributed by atoms with E-state index in [4.69, 9.17) is 0 Å². The van der Waals surface area contributed by atoms with Crippen LogP contribution in [0.3, 0.4) is 0 Å². The molecule has 0 fully saturated rings. The first-order valence-corrected chi connectivity index (χ1v) is 2.06. The van der Waals surface area contributed by atoms with Gasteiger partial charge in [-0.25, -0.2) is 0 Å². The van der Waals surface area contributed by atoms with E-state index in [-0.39, 0.29) is 0 Å². The van der Waals surface area contributed by atoms with E-state index in [1.807, 2.05) is 34.7 Å². The zero-order chi connectivity index (χ0) is 3.58. The van der Waals surface area contributed by atoms with E-state index in [2.05, 4.69) is 0 Å². The Balaban J connectivity index is 2.32. The average molecular weight is 117 g/mol. The van der Waals surface area contributed by atoms with E-state index in [9.17, 15) is 0 Å². The van der Waals surface area contributed by atoms with Gasteiger partial charge >= 0.3 is 34.7 Å². The van der Waals surface area contributed by atoms with Gasteiger partial charge in [0.1, 0.15) is 0 Å². The summed E-state index contributed by atoms with van der Waals surface area (Å²) in [6.07, 6.45) is 0. The maximum absolute atomic E-state index is 2.00. The summed E-state index contributed by atoms with van der Waals surface area (Å²) in [6.45, 7) is 0. The molecule has 0 rings (SSSR count). The topological polar surface area (TPSA) is 3.24 Å². The molecule has 0 aromatic carbocycles. The molecule has 0 N–H and O–H groups in total. The van der Waals surface area contributed by atoms with Crippen molar-refractivity contribution in [3.8, 4) is 0 Å². The van der Waals surface area contributed by atoms with Crippen LogP contribution in [0.2, 0.25) is 0 Å². The summed E-state index contributed by atoms with van der Waals surface area (Å²) < 4.78 is 2.00. The number of hydrogen-bond donors (Lipinski definition) is 0. The van der Waals surface area contributed by atoms with Crippen LogP contribution in [-0.4, -0.2) is 34.7 Å². The Bertz CT molecular complexity index is 10.8. The van der Waals surface area contributed by atoms with Gasteiger partial charge in [-0.05, 0) is 0 Å². The minimum absolute atomic E-state index is 2.00. The molecule has 1 nitrogen and oxygen atoms in total. The average Bonchev–Trinajstić information content (AvgIpc) is 0.811. The van der Waals surface area contributed by atoms with Crippen molar-refractivity contribution in [2.75, 3.05) is 14.1 Å². The molecule has 2 heteroatoms. The van der Waals surface area contributed by atoms with Crippen molar-refractivity contribution in [3.05, 3.63) is 0 Å². The van der Waals surface area contributed by atoms with Gasteiger partial charge < -0.3 is 0 Å². The molecule has 4 heavy (non-hydrogen) atoms. The third kappa shape index (κ3) is 22.4. The van der Waals surface area contributed by atoms with Gasteiger partial charge in [-0.15, -0.1) is 0 Å². The zero-order valence-electron chi connectivity index (χ0n) is 2.95. The molecule has 0 aromatic rings. The second-order valence-electron chi connectivity index (χ2n) is 0.894. The Morgan fingerprint density at radius 2 is 1.50 bits per heavy atom. The molecule has 20 valence electrons.